The Morgan fingerprint density at radius 2 is 1.53 bits per heavy atom. The van der Waals surface area contributed by atoms with E-state index >= 15 is 0 Å². The first-order valence-electron chi connectivity index (χ1n) is 4.31. The summed E-state index contributed by atoms with van der Waals surface area (Å²) in [4.78, 5) is 0. The van der Waals surface area contributed by atoms with Crippen LogP contribution in [0.25, 0.3) is 0 Å². The summed E-state index contributed by atoms with van der Waals surface area (Å²) in [6, 6.07) is 4.92. The van der Waals surface area contributed by atoms with Crippen LogP contribution in [0.2, 0.25) is 0 Å². The quantitative estimate of drug-likeness (QED) is 0.562. The Morgan fingerprint density at radius 1 is 1.07 bits per heavy atom. The molecule has 0 aliphatic rings. The van der Waals surface area contributed by atoms with Crippen molar-refractivity contribution < 1.29 is 27.2 Å². The van der Waals surface area contributed by atoms with Crippen molar-refractivity contribution in [2.45, 2.75) is 26.2 Å². The van der Waals surface area contributed by atoms with E-state index in [0.29, 0.717) is 0 Å². The van der Waals surface area contributed by atoms with E-state index in [2.05, 4.69) is 20.8 Å². The Balaban J connectivity index is 0.000000583. The van der Waals surface area contributed by atoms with Crippen molar-refractivity contribution in [2.24, 2.45) is 0 Å². The van der Waals surface area contributed by atoms with Crippen LogP contribution in [-0.4, -0.2) is 10.2 Å². The van der Waals surface area contributed by atoms with Gasteiger partial charge in [0.05, 0.1) is 0 Å². The zero-order valence-corrected chi connectivity index (χ0v) is 12.0. The predicted molar refractivity (Wildman–Crippen MR) is 60.2 cm³/mol. The molecule has 2 N–H and O–H groups in total. The van der Waals surface area contributed by atoms with Gasteiger partial charge in [-0.05, 0) is 23.1 Å². The number of rotatable bonds is 0. The van der Waals surface area contributed by atoms with Crippen molar-refractivity contribution in [1.82, 2.24) is 0 Å². The van der Waals surface area contributed by atoms with E-state index < -0.39 is 17.0 Å². The summed E-state index contributed by atoms with van der Waals surface area (Å²) < 4.78 is 0. The third-order valence-corrected chi connectivity index (χ3v) is 1.84. The van der Waals surface area contributed by atoms with E-state index in [1.54, 1.807) is 6.07 Å². The van der Waals surface area contributed by atoms with Gasteiger partial charge in [-0.1, -0.05) is 26.8 Å². The van der Waals surface area contributed by atoms with Crippen molar-refractivity contribution in [3.8, 4) is 11.5 Å². The van der Waals surface area contributed by atoms with Gasteiger partial charge in [0.1, 0.15) is 0 Å². The number of halogens is 2. The van der Waals surface area contributed by atoms with Crippen LogP contribution in [0.4, 0.5) is 0 Å². The second-order valence-electron chi connectivity index (χ2n) is 4.02. The second kappa shape index (κ2) is 6.64. The van der Waals surface area contributed by atoms with Crippen molar-refractivity contribution in [3.05, 3.63) is 23.8 Å². The first kappa shape index (κ1) is 15.1. The SMILES string of the molecule is CC(C)(C)c1ccc(O)c(O)c1.[Cl][Ti][Cl]. The monoisotopic (exact) mass is 284 g/mol. The first-order valence-corrected chi connectivity index (χ1v) is 8.61. The van der Waals surface area contributed by atoms with Gasteiger partial charge in [0.2, 0.25) is 0 Å². The number of hydrogen-bond donors (Lipinski definition) is 2. The molecule has 0 unspecified atom stereocenters. The number of benzene rings is 1. The predicted octanol–water partition coefficient (Wildman–Crippen LogP) is 3.77. The maximum atomic E-state index is 9.21. The summed E-state index contributed by atoms with van der Waals surface area (Å²) in [6.45, 7) is 6.16. The standard InChI is InChI=1S/C10H14O2.2ClH.Ti/c1-10(2,3)7-4-5-8(11)9(12)6-7;;;/h4-6,11-12H,1-3H3;2*1H;/q;;;+2/p-2. The average molecular weight is 285 g/mol. The summed E-state index contributed by atoms with van der Waals surface area (Å²) in [7, 11) is 9.78. The topological polar surface area (TPSA) is 40.5 Å². The summed E-state index contributed by atoms with van der Waals surface area (Å²) in [6.07, 6.45) is 0. The molecule has 5 heteroatoms. The molecule has 1 aromatic rings. The molecular formula is C10H14Cl2O2Ti. The van der Waals surface area contributed by atoms with Gasteiger partial charge >= 0.3 is 35.6 Å². The Kier molecular flexibility index (Phi) is 6.69. The third-order valence-electron chi connectivity index (χ3n) is 1.84. The molecule has 0 aliphatic heterocycles. The first-order chi connectivity index (χ1) is 6.82. The zero-order valence-electron chi connectivity index (χ0n) is 8.88. The molecule has 15 heavy (non-hydrogen) atoms. The Bertz CT molecular complexity index is 311. The molecule has 0 aromatic heterocycles. The van der Waals surface area contributed by atoms with E-state index in [1.807, 2.05) is 6.07 Å². The molecule has 0 saturated carbocycles. The fourth-order valence-corrected chi connectivity index (χ4v) is 0.990. The van der Waals surface area contributed by atoms with E-state index in [1.165, 1.54) is 6.07 Å². The van der Waals surface area contributed by atoms with Crippen LogP contribution < -0.4 is 0 Å². The number of phenolic OH excluding ortho intramolecular Hbond substituents is 2. The van der Waals surface area contributed by atoms with Crippen LogP contribution in [0, 0.1) is 0 Å². The summed E-state index contributed by atoms with van der Waals surface area (Å²) >= 11 is -0.556. The average Bonchev–Trinajstić information content (AvgIpc) is 2.09. The Labute approximate surface area is 107 Å². The summed E-state index contributed by atoms with van der Waals surface area (Å²) in [5.74, 6) is -0.120. The molecule has 0 atom stereocenters. The van der Waals surface area contributed by atoms with Gasteiger partial charge in [0.15, 0.2) is 11.5 Å². The summed E-state index contributed by atoms with van der Waals surface area (Å²) in [5.41, 5.74) is 1.02. The van der Waals surface area contributed by atoms with Gasteiger partial charge in [-0.15, -0.1) is 0 Å². The van der Waals surface area contributed by atoms with Crippen molar-refractivity contribution >= 4 is 18.6 Å². The van der Waals surface area contributed by atoms with Gasteiger partial charge < -0.3 is 10.2 Å². The molecule has 0 saturated heterocycles. The summed E-state index contributed by atoms with van der Waals surface area (Å²) in [5, 5.41) is 18.3. The maximum absolute atomic E-state index is 9.21. The number of phenols is 2. The Morgan fingerprint density at radius 3 is 1.87 bits per heavy atom. The minimum absolute atomic E-state index is 0.00514. The van der Waals surface area contributed by atoms with Crippen molar-refractivity contribution in [2.75, 3.05) is 0 Å². The minimum atomic E-state index is -0.556. The van der Waals surface area contributed by atoms with Crippen molar-refractivity contribution in [1.29, 1.82) is 0 Å². The van der Waals surface area contributed by atoms with Gasteiger partial charge in [-0.2, -0.15) is 0 Å². The number of aromatic hydroxyl groups is 2. The van der Waals surface area contributed by atoms with Gasteiger partial charge in [0.25, 0.3) is 0 Å². The molecular weight excluding hydrogens is 271 g/mol. The molecule has 1 aromatic carbocycles. The fourth-order valence-electron chi connectivity index (χ4n) is 0.990. The van der Waals surface area contributed by atoms with Gasteiger partial charge in [0, 0.05) is 0 Å². The van der Waals surface area contributed by atoms with Crippen LogP contribution in [0.1, 0.15) is 26.3 Å². The van der Waals surface area contributed by atoms with Gasteiger partial charge in [-0.25, -0.2) is 0 Å². The molecule has 0 bridgehead atoms. The normalized spacial score (nSPS) is 10.2. The van der Waals surface area contributed by atoms with E-state index in [9.17, 15) is 5.11 Å². The molecule has 0 aliphatic carbocycles. The van der Waals surface area contributed by atoms with Crippen LogP contribution in [-0.2, 0) is 22.4 Å². The third kappa shape index (κ3) is 5.67. The fraction of sp³-hybridized carbons (Fsp3) is 0.400. The second-order valence-corrected chi connectivity index (χ2v) is 6.60. The molecule has 1 rings (SSSR count). The van der Waals surface area contributed by atoms with Crippen molar-refractivity contribution in [3.63, 3.8) is 0 Å². The van der Waals surface area contributed by atoms with E-state index in [0.717, 1.165) is 5.56 Å². The molecule has 0 amide bonds. The number of hydrogen-bond acceptors (Lipinski definition) is 2. The zero-order chi connectivity index (χ0) is 12.1. The van der Waals surface area contributed by atoms with E-state index in [-0.39, 0.29) is 16.9 Å². The molecule has 0 spiro atoms. The van der Waals surface area contributed by atoms with E-state index in [4.69, 9.17) is 23.7 Å². The molecule has 0 heterocycles. The molecule has 0 radical (unpaired) electrons. The molecule has 84 valence electrons. The van der Waals surface area contributed by atoms with Gasteiger partial charge in [-0.3, -0.25) is 0 Å². The van der Waals surface area contributed by atoms with Crippen LogP contribution >= 0.6 is 18.6 Å². The van der Waals surface area contributed by atoms with Crippen LogP contribution in [0.5, 0.6) is 11.5 Å². The van der Waals surface area contributed by atoms with Crippen LogP contribution in [0.3, 0.4) is 0 Å². The Hall–Kier alpha value is 0.114. The molecule has 0 fully saturated rings. The molecule has 2 nitrogen and oxygen atoms in total. The van der Waals surface area contributed by atoms with Crippen LogP contribution in [0.15, 0.2) is 18.2 Å².